The van der Waals surface area contributed by atoms with Crippen LogP contribution in [0.2, 0.25) is 0 Å². The highest BCUT2D eigenvalue weighted by molar-refractivity contribution is 5.51. The standard InChI is InChI=1S/C20H27N/c1-12-9-8-10-13(2)18(12)20(21-7)19-16(5)14(3)11-15(4)17(19)6/h8-11,20-21H,1-7H3. The lowest BCUT2D eigenvalue weighted by Gasteiger charge is -2.27. The molecule has 0 aliphatic rings. The van der Waals surface area contributed by atoms with Gasteiger partial charge in [0.15, 0.2) is 0 Å². The molecule has 0 aliphatic heterocycles. The molecular formula is C20H27N. The quantitative estimate of drug-likeness (QED) is 0.848. The highest BCUT2D eigenvalue weighted by Gasteiger charge is 2.21. The fraction of sp³-hybridized carbons (Fsp3) is 0.400. The summed E-state index contributed by atoms with van der Waals surface area (Å²) in [6.45, 7) is 13.3. The van der Waals surface area contributed by atoms with Crippen LogP contribution < -0.4 is 5.32 Å². The predicted molar refractivity (Wildman–Crippen MR) is 92.2 cm³/mol. The molecule has 1 heteroatoms. The molecule has 1 N–H and O–H groups in total. The third-order valence-corrected chi connectivity index (χ3v) is 4.83. The summed E-state index contributed by atoms with van der Waals surface area (Å²) in [6.07, 6.45) is 0. The summed E-state index contributed by atoms with van der Waals surface area (Å²) < 4.78 is 0. The van der Waals surface area contributed by atoms with Gasteiger partial charge in [-0.1, -0.05) is 24.3 Å². The van der Waals surface area contributed by atoms with E-state index in [1.165, 1.54) is 44.5 Å². The van der Waals surface area contributed by atoms with Crippen LogP contribution in [0.25, 0.3) is 0 Å². The maximum atomic E-state index is 3.55. The molecule has 1 nitrogen and oxygen atoms in total. The van der Waals surface area contributed by atoms with E-state index in [0.29, 0.717) is 0 Å². The van der Waals surface area contributed by atoms with Crippen LogP contribution >= 0.6 is 0 Å². The normalized spacial score (nSPS) is 12.5. The first-order valence-corrected chi connectivity index (χ1v) is 7.69. The molecule has 2 aromatic rings. The smallest absolute Gasteiger partial charge is 0.0584 e. The molecule has 1 unspecified atom stereocenters. The van der Waals surface area contributed by atoms with E-state index in [0.717, 1.165) is 0 Å². The SMILES string of the molecule is CNC(c1c(C)cccc1C)c1c(C)c(C)cc(C)c1C. The number of hydrogen-bond acceptors (Lipinski definition) is 1. The molecular weight excluding hydrogens is 254 g/mol. The fourth-order valence-corrected chi connectivity index (χ4v) is 3.40. The Labute approximate surface area is 129 Å². The molecule has 0 fully saturated rings. The average Bonchev–Trinajstić information content (AvgIpc) is 2.43. The van der Waals surface area contributed by atoms with E-state index in [1.807, 2.05) is 0 Å². The fourth-order valence-electron chi connectivity index (χ4n) is 3.40. The van der Waals surface area contributed by atoms with Gasteiger partial charge in [-0.05, 0) is 93.1 Å². The molecule has 0 aliphatic carbocycles. The lowest BCUT2D eigenvalue weighted by molar-refractivity contribution is 0.673. The minimum absolute atomic E-state index is 0.254. The predicted octanol–water partition coefficient (Wildman–Crippen LogP) is 4.85. The van der Waals surface area contributed by atoms with Gasteiger partial charge < -0.3 is 5.32 Å². The second kappa shape index (κ2) is 6.03. The minimum Gasteiger partial charge on any atom is -0.309 e. The third-order valence-electron chi connectivity index (χ3n) is 4.83. The molecule has 2 rings (SSSR count). The van der Waals surface area contributed by atoms with Gasteiger partial charge in [-0.3, -0.25) is 0 Å². The van der Waals surface area contributed by atoms with Crippen LogP contribution in [-0.2, 0) is 0 Å². The molecule has 0 bridgehead atoms. The van der Waals surface area contributed by atoms with Crippen LogP contribution in [0.15, 0.2) is 24.3 Å². The second-order valence-electron chi connectivity index (χ2n) is 6.20. The van der Waals surface area contributed by atoms with Crippen molar-refractivity contribution < 1.29 is 0 Å². The topological polar surface area (TPSA) is 12.0 Å². The summed E-state index contributed by atoms with van der Waals surface area (Å²) >= 11 is 0. The molecule has 0 heterocycles. The molecule has 0 spiro atoms. The van der Waals surface area contributed by atoms with Crippen LogP contribution in [0.4, 0.5) is 0 Å². The van der Waals surface area contributed by atoms with Crippen molar-refractivity contribution in [3.63, 3.8) is 0 Å². The van der Waals surface area contributed by atoms with Crippen molar-refractivity contribution in [2.75, 3.05) is 7.05 Å². The largest absolute Gasteiger partial charge is 0.309 e. The second-order valence-corrected chi connectivity index (χ2v) is 6.20. The van der Waals surface area contributed by atoms with E-state index in [1.54, 1.807) is 0 Å². The Balaban J connectivity index is 2.74. The molecule has 0 amide bonds. The van der Waals surface area contributed by atoms with Crippen molar-refractivity contribution in [2.45, 2.75) is 47.6 Å². The molecule has 1 atom stereocenters. The molecule has 21 heavy (non-hydrogen) atoms. The number of aryl methyl sites for hydroxylation is 4. The minimum atomic E-state index is 0.254. The van der Waals surface area contributed by atoms with E-state index in [4.69, 9.17) is 0 Å². The lowest BCUT2D eigenvalue weighted by Crippen LogP contribution is -2.22. The van der Waals surface area contributed by atoms with Gasteiger partial charge in [0.2, 0.25) is 0 Å². The van der Waals surface area contributed by atoms with Crippen LogP contribution in [0.5, 0.6) is 0 Å². The van der Waals surface area contributed by atoms with E-state index in [2.05, 4.69) is 78.2 Å². The van der Waals surface area contributed by atoms with Crippen molar-refractivity contribution >= 4 is 0 Å². The van der Waals surface area contributed by atoms with Gasteiger partial charge in [0.25, 0.3) is 0 Å². The summed E-state index contributed by atoms with van der Waals surface area (Å²) in [4.78, 5) is 0. The maximum absolute atomic E-state index is 3.55. The summed E-state index contributed by atoms with van der Waals surface area (Å²) in [5, 5.41) is 3.55. The highest BCUT2D eigenvalue weighted by Crippen LogP contribution is 2.34. The van der Waals surface area contributed by atoms with Crippen molar-refractivity contribution in [1.29, 1.82) is 0 Å². The molecule has 0 aromatic heterocycles. The zero-order valence-corrected chi connectivity index (χ0v) is 14.4. The first kappa shape index (κ1) is 15.8. The van der Waals surface area contributed by atoms with Gasteiger partial charge in [0.05, 0.1) is 6.04 Å². The third kappa shape index (κ3) is 2.75. The van der Waals surface area contributed by atoms with Gasteiger partial charge in [0.1, 0.15) is 0 Å². The molecule has 2 aromatic carbocycles. The van der Waals surface area contributed by atoms with E-state index >= 15 is 0 Å². The number of nitrogens with one attached hydrogen (secondary N) is 1. The number of benzene rings is 2. The first-order valence-electron chi connectivity index (χ1n) is 7.69. The first-order chi connectivity index (χ1) is 9.88. The Bertz CT molecular complexity index is 622. The van der Waals surface area contributed by atoms with Crippen molar-refractivity contribution in [1.82, 2.24) is 5.32 Å². The van der Waals surface area contributed by atoms with Crippen LogP contribution in [0.1, 0.15) is 50.5 Å². The lowest BCUT2D eigenvalue weighted by atomic mass is 9.84. The summed E-state index contributed by atoms with van der Waals surface area (Å²) in [5.41, 5.74) is 11.1. The van der Waals surface area contributed by atoms with E-state index in [9.17, 15) is 0 Å². The van der Waals surface area contributed by atoms with Crippen molar-refractivity contribution in [3.05, 3.63) is 68.8 Å². The number of hydrogen-bond donors (Lipinski definition) is 1. The van der Waals surface area contributed by atoms with Crippen molar-refractivity contribution in [3.8, 4) is 0 Å². The Morgan fingerprint density at radius 3 is 1.62 bits per heavy atom. The zero-order chi connectivity index (χ0) is 15.7. The van der Waals surface area contributed by atoms with Gasteiger partial charge >= 0.3 is 0 Å². The van der Waals surface area contributed by atoms with Gasteiger partial charge in [0, 0.05) is 0 Å². The number of rotatable bonds is 3. The maximum Gasteiger partial charge on any atom is 0.0584 e. The van der Waals surface area contributed by atoms with Gasteiger partial charge in [-0.25, -0.2) is 0 Å². The summed E-state index contributed by atoms with van der Waals surface area (Å²) in [6, 6.07) is 9.11. The molecule has 0 radical (unpaired) electrons. The Kier molecular flexibility index (Phi) is 4.53. The zero-order valence-electron chi connectivity index (χ0n) is 14.4. The van der Waals surface area contributed by atoms with E-state index < -0.39 is 0 Å². The highest BCUT2D eigenvalue weighted by atomic mass is 14.9. The van der Waals surface area contributed by atoms with Crippen LogP contribution in [0, 0.1) is 41.5 Å². The Morgan fingerprint density at radius 1 is 0.714 bits per heavy atom. The Morgan fingerprint density at radius 2 is 1.19 bits per heavy atom. The summed E-state index contributed by atoms with van der Waals surface area (Å²) in [5.74, 6) is 0. The average molecular weight is 281 g/mol. The van der Waals surface area contributed by atoms with Gasteiger partial charge in [-0.2, -0.15) is 0 Å². The van der Waals surface area contributed by atoms with Gasteiger partial charge in [-0.15, -0.1) is 0 Å². The van der Waals surface area contributed by atoms with Crippen molar-refractivity contribution in [2.24, 2.45) is 0 Å². The van der Waals surface area contributed by atoms with Crippen LogP contribution in [-0.4, -0.2) is 7.05 Å². The monoisotopic (exact) mass is 281 g/mol. The summed E-state index contributed by atoms with van der Waals surface area (Å²) in [7, 11) is 2.06. The molecule has 112 valence electrons. The van der Waals surface area contributed by atoms with E-state index in [-0.39, 0.29) is 6.04 Å². The Hall–Kier alpha value is -1.60. The van der Waals surface area contributed by atoms with Crippen LogP contribution in [0.3, 0.4) is 0 Å². The molecule has 0 saturated carbocycles. The molecule has 0 saturated heterocycles.